The van der Waals surface area contributed by atoms with Crippen LogP contribution >= 0.6 is 0 Å². The molecule has 0 atom stereocenters. The molecular formula is C11H12O3S. The zero-order valence-corrected chi connectivity index (χ0v) is 8.89. The molecule has 0 aromatic heterocycles. The van der Waals surface area contributed by atoms with Gasteiger partial charge in [0.05, 0.1) is 0 Å². The summed E-state index contributed by atoms with van der Waals surface area (Å²) < 4.78 is 29.2. The summed E-state index contributed by atoms with van der Waals surface area (Å²) in [7, 11) is -3.88. The molecule has 0 radical (unpaired) electrons. The predicted molar refractivity (Wildman–Crippen MR) is 61.5 cm³/mol. The Morgan fingerprint density at radius 3 is 1.73 bits per heavy atom. The van der Waals surface area contributed by atoms with Crippen LogP contribution in [0.1, 0.15) is 5.56 Å². The summed E-state index contributed by atoms with van der Waals surface area (Å²) in [4.78, 5) is 0. The Morgan fingerprint density at radius 1 is 1.00 bits per heavy atom. The molecule has 0 heterocycles. The van der Waals surface area contributed by atoms with Gasteiger partial charge < -0.3 is 0 Å². The second-order valence-electron chi connectivity index (χ2n) is 2.21. The fraction of sp³-hybridized carbons (Fsp3) is 0.0909. The fourth-order valence-corrected chi connectivity index (χ4v) is 1.40. The van der Waals surface area contributed by atoms with Crippen molar-refractivity contribution >= 4 is 10.1 Å². The first-order chi connectivity index (χ1) is 7.08. The molecule has 1 aromatic rings. The van der Waals surface area contributed by atoms with E-state index in [9.17, 15) is 8.42 Å². The molecule has 1 rings (SSSR count). The number of rotatable bonds is 2. The average Bonchev–Trinajstić information content (AvgIpc) is 2.23. The highest BCUT2D eigenvalue weighted by molar-refractivity contribution is 7.85. The molecule has 0 bridgehead atoms. The first-order valence-corrected chi connectivity index (χ1v) is 5.34. The minimum absolute atomic E-state index is 0.312. The largest absolute Gasteiger partial charge is 0.285 e. The van der Waals surface area contributed by atoms with E-state index in [1.54, 1.807) is 30.3 Å². The lowest BCUT2D eigenvalue weighted by Gasteiger charge is -1.95. The van der Waals surface area contributed by atoms with Gasteiger partial charge in [0.2, 0.25) is 0 Å². The lowest BCUT2D eigenvalue weighted by atomic mass is 10.2. The summed E-state index contributed by atoms with van der Waals surface area (Å²) in [5.74, 6) is -0.312. The van der Waals surface area contributed by atoms with Crippen molar-refractivity contribution in [3.05, 3.63) is 35.9 Å². The minimum atomic E-state index is -3.88. The van der Waals surface area contributed by atoms with E-state index in [0.29, 0.717) is 5.56 Å². The van der Waals surface area contributed by atoms with Crippen molar-refractivity contribution in [1.29, 1.82) is 0 Å². The Labute approximate surface area is 90.9 Å². The smallest absolute Gasteiger partial charge is 0.269 e. The van der Waals surface area contributed by atoms with Crippen molar-refractivity contribution in [2.45, 2.75) is 5.75 Å². The minimum Gasteiger partial charge on any atom is -0.285 e. The van der Waals surface area contributed by atoms with Crippen LogP contribution in [-0.2, 0) is 15.9 Å². The number of terminal acetylenes is 2. The van der Waals surface area contributed by atoms with Crippen LogP contribution in [0.3, 0.4) is 0 Å². The van der Waals surface area contributed by atoms with Gasteiger partial charge in [-0.2, -0.15) is 8.42 Å². The molecule has 0 aliphatic rings. The van der Waals surface area contributed by atoms with Crippen LogP contribution in [0, 0.1) is 25.7 Å². The van der Waals surface area contributed by atoms with Gasteiger partial charge in [0.25, 0.3) is 10.1 Å². The molecule has 4 heteroatoms. The van der Waals surface area contributed by atoms with Crippen molar-refractivity contribution in [3.8, 4) is 25.7 Å². The van der Waals surface area contributed by atoms with Gasteiger partial charge in [-0.25, -0.2) is 0 Å². The van der Waals surface area contributed by atoms with E-state index < -0.39 is 10.1 Å². The molecule has 0 spiro atoms. The van der Waals surface area contributed by atoms with Crippen LogP contribution in [0.5, 0.6) is 0 Å². The van der Waals surface area contributed by atoms with Gasteiger partial charge in [-0.05, 0) is 5.56 Å². The number of hydrogen-bond acceptors (Lipinski definition) is 2. The second kappa shape index (κ2) is 8.83. The average molecular weight is 224 g/mol. The molecule has 0 amide bonds. The van der Waals surface area contributed by atoms with Crippen molar-refractivity contribution in [3.63, 3.8) is 0 Å². The first kappa shape index (κ1) is 15.7. The molecule has 15 heavy (non-hydrogen) atoms. The highest BCUT2D eigenvalue weighted by Crippen LogP contribution is 2.02. The first-order valence-electron chi connectivity index (χ1n) is 3.74. The van der Waals surface area contributed by atoms with E-state index in [0.717, 1.165) is 0 Å². The van der Waals surface area contributed by atoms with E-state index >= 15 is 0 Å². The normalized spacial score (nSPS) is 8.60. The van der Waals surface area contributed by atoms with E-state index in [2.05, 4.69) is 25.7 Å². The molecule has 0 saturated carbocycles. The molecule has 0 saturated heterocycles. The van der Waals surface area contributed by atoms with Crippen LogP contribution in [0.4, 0.5) is 0 Å². The highest BCUT2D eigenvalue weighted by atomic mass is 32.2. The van der Waals surface area contributed by atoms with Crippen LogP contribution in [-0.4, -0.2) is 13.0 Å². The molecule has 80 valence electrons. The third-order valence-electron chi connectivity index (χ3n) is 1.19. The van der Waals surface area contributed by atoms with Crippen molar-refractivity contribution in [1.82, 2.24) is 0 Å². The van der Waals surface area contributed by atoms with Crippen LogP contribution in [0.25, 0.3) is 0 Å². The van der Waals surface area contributed by atoms with Gasteiger partial charge in [-0.1, -0.05) is 30.3 Å². The fourth-order valence-electron chi connectivity index (χ4n) is 0.785. The molecule has 0 aliphatic carbocycles. The molecule has 0 fully saturated rings. The van der Waals surface area contributed by atoms with Crippen LogP contribution in [0.2, 0.25) is 0 Å². The van der Waals surface area contributed by atoms with E-state index in [4.69, 9.17) is 4.55 Å². The number of benzene rings is 1. The van der Waals surface area contributed by atoms with Gasteiger partial charge in [0.15, 0.2) is 0 Å². The lowest BCUT2D eigenvalue weighted by molar-refractivity contribution is 0.482. The Kier molecular flexibility index (Phi) is 9.25. The monoisotopic (exact) mass is 224 g/mol. The van der Waals surface area contributed by atoms with Crippen molar-refractivity contribution in [2.24, 2.45) is 0 Å². The quantitative estimate of drug-likeness (QED) is 0.613. The van der Waals surface area contributed by atoms with Gasteiger partial charge >= 0.3 is 0 Å². The summed E-state index contributed by atoms with van der Waals surface area (Å²) in [5, 5.41) is 0. The maximum Gasteiger partial charge on any atom is 0.269 e. The van der Waals surface area contributed by atoms with E-state index in [1.165, 1.54) is 0 Å². The van der Waals surface area contributed by atoms with Gasteiger partial charge in [0, 0.05) is 0 Å². The second-order valence-corrected chi connectivity index (χ2v) is 3.66. The molecule has 1 N–H and O–H groups in total. The summed E-state index contributed by atoms with van der Waals surface area (Å²) >= 11 is 0. The zero-order valence-electron chi connectivity index (χ0n) is 8.08. The van der Waals surface area contributed by atoms with Gasteiger partial charge in [0.1, 0.15) is 5.75 Å². The third-order valence-corrected chi connectivity index (χ3v) is 1.89. The Morgan fingerprint density at radius 2 is 1.40 bits per heavy atom. The predicted octanol–water partition coefficient (Wildman–Crippen LogP) is 1.57. The molecule has 0 aliphatic heterocycles. The number of hydrogen-bond donors (Lipinski definition) is 1. The summed E-state index contributed by atoms with van der Waals surface area (Å²) in [6.07, 6.45) is 16.0. The maximum absolute atomic E-state index is 10.4. The van der Waals surface area contributed by atoms with Crippen molar-refractivity contribution < 1.29 is 13.0 Å². The van der Waals surface area contributed by atoms with Crippen LogP contribution < -0.4 is 0 Å². The topological polar surface area (TPSA) is 54.4 Å². The Hall–Kier alpha value is -1.75. The highest BCUT2D eigenvalue weighted by Gasteiger charge is 2.04. The van der Waals surface area contributed by atoms with Gasteiger partial charge in [-0.15, -0.1) is 25.7 Å². The summed E-state index contributed by atoms with van der Waals surface area (Å²) in [6.45, 7) is 0. The van der Waals surface area contributed by atoms with Crippen LogP contribution in [0.15, 0.2) is 30.3 Å². The Bertz CT molecular complexity index is 382. The van der Waals surface area contributed by atoms with Gasteiger partial charge in [-0.3, -0.25) is 4.55 Å². The SMILES string of the molecule is C#C.C#C.O=S(=O)(O)Cc1ccccc1. The molecule has 3 nitrogen and oxygen atoms in total. The van der Waals surface area contributed by atoms with E-state index in [1.807, 2.05) is 0 Å². The summed E-state index contributed by atoms with van der Waals surface area (Å²) in [5.41, 5.74) is 0.593. The summed E-state index contributed by atoms with van der Waals surface area (Å²) in [6, 6.07) is 8.52. The third kappa shape index (κ3) is 10.2. The zero-order chi connectivity index (χ0) is 12.3. The standard InChI is InChI=1S/C7H8O3S.2C2H2/c8-11(9,10)6-7-4-2-1-3-5-7;2*1-2/h1-5H,6H2,(H,8,9,10);2*1-2H. The molecule has 0 unspecified atom stereocenters. The molecule has 1 aromatic carbocycles. The van der Waals surface area contributed by atoms with Crippen molar-refractivity contribution in [2.75, 3.05) is 0 Å². The lowest BCUT2D eigenvalue weighted by Crippen LogP contribution is -2.00. The van der Waals surface area contributed by atoms with E-state index in [-0.39, 0.29) is 5.75 Å². The molecular weight excluding hydrogens is 212 g/mol. The Balaban J connectivity index is 0. The maximum atomic E-state index is 10.4.